The maximum atomic E-state index is 5.84. The van der Waals surface area contributed by atoms with Crippen molar-refractivity contribution in [2.45, 2.75) is 26.0 Å². The summed E-state index contributed by atoms with van der Waals surface area (Å²) in [7, 11) is 3.36. The molecule has 0 saturated carbocycles. The summed E-state index contributed by atoms with van der Waals surface area (Å²) in [5, 5.41) is 0. The maximum Gasteiger partial charge on any atom is 0.161 e. The van der Waals surface area contributed by atoms with Crippen molar-refractivity contribution in [3.63, 3.8) is 0 Å². The molecular weight excluding hydrogens is 316 g/mol. The highest BCUT2D eigenvalue weighted by atomic mass is 16.5. The van der Waals surface area contributed by atoms with Crippen molar-refractivity contribution in [1.82, 2.24) is 9.55 Å². The van der Waals surface area contributed by atoms with Crippen LogP contribution in [0, 0.1) is 0 Å². The van der Waals surface area contributed by atoms with Crippen LogP contribution >= 0.6 is 0 Å². The first-order chi connectivity index (χ1) is 12.3. The number of benzene rings is 2. The van der Waals surface area contributed by atoms with Gasteiger partial charge in [0.1, 0.15) is 12.4 Å². The number of hydrogen-bond acceptors (Lipinski definition) is 4. The van der Waals surface area contributed by atoms with Gasteiger partial charge in [0.25, 0.3) is 0 Å². The number of unbranched alkanes of at least 4 members (excludes halogenated alkanes) is 1. The minimum atomic E-state index is 0.520. The summed E-state index contributed by atoms with van der Waals surface area (Å²) in [5.74, 6) is 2.53. The Morgan fingerprint density at radius 2 is 1.68 bits per heavy atom. The summed E-state index contributed by atoms with van der Waals surface area (Å²) >= 11 is 0. The van der Waals surface area contributed by atoms with Crippen molar-refractivity contribution in [3.8, 4) is 11.5 Å². The fraction of sp³-hybridized carbons (Fsp3) is 0.350. The number of imidazole rings is 1. The van der Waals surface area contributed by atoms with E-state index < -0.39 is 0 Å². The third-order valence-electron chi connectivity index (χ3n) is 4.11. The van der Waals surface area contributed by atoms with Gasteiger partial charge in [-0.1, -0.05) is 24.3 Å². The molecule has 1 aromatic heterocycles. The molecule has 0 amide bonds. The van der Waals surface area contributed by atoms with E-state index in [2.05, 4.69) is 15.6 Å². The number of aromatic nitrogens is 2. The first-order valence-electron chi connectivity index (χ1n) is 8.52. The topological polar surface area (TPSA) is 45.5 Å². The largest absolute Gasteiger partial charge is 0.493 e. The number of para-hydroxylation sites is 4. The minimum absolute atomic E-state index is 0.520. The van der Waals surface area contributed by atoms with Gasteiger partial charge >= 0.3 is 0 Å². The highest BCUT2D eigenvalue weighted by molar-refractivity contribution is 5.75. The van der Waals surface area contributed by atoms with Gasteiger partial charge in [0.05, 0.1) is 24.8 Å². The monoisotopic (exact) mass is 340 g/mol. The summed E-state index contributed by atoms with van der Waals surface area (Å²) in [6.07, 6.45) is 1.96. The lowest BCUT2D eigenvalue weighted by molar-refractivity contribution is 0.174. The van der Waals surface area contributed by atoms with E-state index in [0.717, 1.165) is 47.7 Å². The molecule has 0 aliphatic rings. The zero-order valence-electron chi connectivity index (χ0n) is 14.8. The Labute approximate surface area is 148 Å². The molecule has 132 valence electrons. The molecule has 2 aromatic carbocycles. The Hall–Kier alpha value is -2.53. The first kappa shape index (κ1) is 17.3. The van der Waals surface area contributed by atoms with Crippen LogP contribution in [0.4, 0.5) is 0 Å². The van der Waals surface area contributed by atoms with Gasteiger partial charge in [-0.25, -0.2) is 4.98 Å². The van der Waals surface area contributed by atoms with Crippen LogP contribution in [0.2, 0.25) is 0 Å². The molecule has 5 nitrogen and oxygen atoms in total. The van der Waals surface area contributed by atoms with E-state index in [-0.39, 0.29) is 0 Å². The van der Waals surface area contributed by atoms with Crippen molar-refractivity contribution < 1.29 is 14.2 Å². The fourth-order valence-electron chi connectivity index (χ4n) is 2.91. The molecule has 25 heavy (non-hydrogen) atoms. The van der Waals surface area contributed by atoms with Gasteiger partial charge in [0.15, 0.2) is 11.5 Å². The van der Waals surface area contributed by atoms with E-state index >= 15 is 0 Å². The predicted molar refractivity (Wildman–Crippen MR) is 98.2 cm³/mol. The molecule has 0 saturated heterocycles. The first-order valence-corrected chi connectivity index (χ1v) is 8.52. The highest BCUT2D eigenvalue weighted by Crippen LogP contribution is 2.26. The van der Waals surface area contributed by atoms with Crippen LogP contribution in [-0.2, 0) is 17.9 Å². The molecule has 0 unspecified atom stereocenters. The number of rotatable bonds is 9. The molecule has 3 rings (SSSR count). The van der Waals surface area contributed by atoms with Crippen molar-refractivity contribution in [2.75, 3.05) is 20.8 Å². The number of ether oxygens (including phenoxy) is 3. The van der Waals surface area contributed by atoms with Crippen LogP contribution in [0.1, 0.15) is 18.7 Å². The van der Waals surface area contributed by atoms with Crippen LogP contribution in [0.15, 0.2) is 48.5 Å². The van der Waals surface area contributed by atoms with Gasteiger partial charge < -0.3 is 18.8 Å². The van der Waals surface area contributed by atoms with Gasteiger partial charge in [-0.3, -0.25) is 0 Å². The van der Waals surface area contributed by atoms with Gasteiger partial charge in [-0.2, -0.15) is 0 Å². The second-order valence-corrected chi connectivity index (χ2v) is 5.81. The lowest BCUT2D eigenvalue weighted by atomic mass is 10.3. The Balaban J connectivity index is 1.57. The average molecular weight is 340 g/mol. The normalized spacial score (nSPS) is 11.0. The lowest BCUT2D eigenvalue weighted by Gasteiger charge is -2.11. The summed E-state index contributed by atoms with van der Waals surface area (Å²) < 4.78 is 18.7. The van der Waals surface area contributed by atoms with E-state index in [1.165, 1.54) is 0 Å². The molecule has 0 atom stereocenters. The van der Waals surface area contributed by atoms with Gasteiger partial charge in [-0.15, -0.1) is 0 Å². The molecular formula is C20H24N2O3. The zero-order chi connectivity index (χ0) is 17.5. The van der Waals surface area contributed by atoms with Crippen LogP contribution in [-0.4, -0.2) is 30.4 Å². The molecule has 0 bridgehead atoms. The van der Waals surface area contributed by atoms with Gasteiger partial charge in [-0.05, 0) is 37.1 Å². The van der Waals surface area contributed by atoms with E-state index in [9.17, 15) is 0 Å². The summed E-state index contributed by atoms with van der Waals surface area (Å²) in [5.41, 5.74) is 2.17. The molecule has 3 aromatic rings. The SMILES string of the molecule is COCc1nc2ccccc2n1CCCCOc1ccccc1OC. The standard InChI is InChI=1S/C20H24N2O3/c1-23-15-20-21-16-9-3-4-10-17(16)22(20)13-7-8-14-25-19-12-6-5-11-18(19)24-2/h3-6,9-12H,7-8,13-15H2,1-2H3. The Morgan fingerprint density at radius 3 is 2.48 bits per heavy atom. The number of aryl methyl sites for hydroxylation is 1. The second kappa shape index (κ2) is 8.53. The zero-order valence-corrected chi connectivity index (χ0v) is 14.8. The summed E-state index contributed by atoms with van der Waals surface area (Å²) in [6.45, 7) is 2.08. The molecule has 0 aliphatic carbocycles. The third-order valence-corrected chi connectivity index (χ3v) is 4.11. The lowest BCUT2D eigenvalue weighted by Crippen LogP contribution is -2.07. The van der Waals surface area contributed by atoms with E-state index in [4.69, 9.17) is 14.2 Å². The Bertz CT molecular complexity index is 814. The second-order valence-electron chi connectivity index (χ2n) is 5.81. The van der Waals surface area contributed by atoms with Crippen molar-refractivity contribution in [2.24, 2.45) is 0 Å². The number of nitrogens with zero attached hydrogens (tertiary/aromatic N) is 2. The molecule has 0 fully saturated rings. The van der Waals surface area contributed by atoms with E-state index in [0.29, 0.717) is 13.2 Å². The van der Waals surface area contributed by atoms with Crippen LogP contribution in [0.25, 0.3) is 11.0 Å². The summed E-state index contributed by atoms with van der Waals surface area (Å²) in [4.78, 5) is 4.66. The van der Waals surface area contributed by atoms with E-state index in [1.807, 2.05) is 42.5 Å². The molecule has 0 spiro atoms. The predicted octanol–water partition coefficient (Wildman–Crippen LogP) is 4.05. The molecule has 0 radical (unpaired) electrons. The third kappa shape index (κ3) is 4.12. The van der Waals surface area contributed by atoms with Gasteiger partial charge in [0.2, 0.25) is 0 Å². The number of fused-ring (bicyclic) bond motifs is 1. The van der Waals surface area contributed by atoms with Crippen molar-refractivity contribution in [1.29, 1.82) is 0 Å². The maximum absolute atomic E-state index is 5.84. The quantitative estimate of drug-likeness (QED) is 0.551. The van der Waals surface area contributed by atoms with Gasteiger partial charge in [0, 0.05) is 13.7 Å². The smallest absolute Gasteiger partial charge is 0.161 e. The van der Waals surface area contributed by atoms with E-state index in [1.54, 1.807) is 14.2 Å². The van der Waals surface area contributed by atoms with Crippen molar-refractivity contribution in [3.05, 3.63) is 54.4 Å². The molecule has 0 N–H and O–H groups in total. The Morgan fingerprint density at radius 1 is 0.920 bits per heavy atom. The average Bonchev–Trinajstić information content (AvgIpc) is 2.99. The highest BCUT2D eigenvalue weighted by Gasteiger charge is 2.10. The number of hydrogen-bond donors (Lipinski definition) is 0. The minimum Gasteiger partial charge on any atom is -0.493 e. The Kier molecular flexibility index (Phi) is 5.90. The molecule has 1 heterocycles. The molecule has 0 aliphatic heterocycles. The molecule has 5 heteroatoms. The van der Waals surface area contributed by atoms with Crippen LogP contribution < -0.4 is 9.47 Å². The van der Waals surface area contributed by atoms with Crippen LogP contribution in [0.3, 0.4) is 0 Å². The van der Waals surface area contributed by atoms with Crippen molar-refractivity contribution >= 4 is 11.0 Å². The fourth-order valence-corrected chi connectivity index (χ4v) is 2.91. The number of methoxy groups -OCH3 is 2. The van der Waals surface area contributed by atoms with Crippen LogP contribution in [0.5, 0.6) is 11.5 Å². The summed E-state index contributed by atoms with van der Waals surface area (Å²) in [6, 6.07) is 15.9.